The van der Waals surface area contributed by atoms with Gasteiger partial charge in [0.1, 0.15) is 5.75 Å². The van der Waals surface area contributed by atoms with Crippen molar-refractivity contribution in [2.45, 2.75) is 6.92 Å². The van der Waals surface area contributed by atoms with E-state index in [4.69, 9.17) is 4.74 Å². The molecule has 1 aromatic rings. The summed E-state index contributed by atoms with van der Waals surface area (Å²) in [4.78, 5) is 11.4. The van der Waals surface area contributed by atoms with Crippen LogP contribution >= 0.6 is 15.9 Å². The highest BCUT2D eigenvalue weighted by Gasteiger charge is 2.10. The maximum absolute atomic E-state index is 11.4. The lowest BCUT2D eigenvalue weighted by atomic mass is 10.2. The van der Waals surface area contributed by atoms with E-state index in [0.29, 0.717) is 17.9 Å². The van der Waals surface area contributed by atoms with Gasteiger partial charge in [-0.1, -0.05) is 15.9 Å². The molecule has 14 heavy (non-hydrogen) atoms. The average molecular weight is 258 g/mol. The Morgan fingerprint density at radius 2 is 2.29 bits per heavy atom. The molecule has 1 rings (SSSR count). The van der Waals surface area contributed by atoms with Crippen molar-refractivity contribution in [1.29, 1.82) is 0 Å². The fraction of sp³-hybridized carbons (Fsp3) is 0.300. The maximum Gasteiger partial charge on any atom is 0.254 e. The molecule has 0 spiro atoms. The lowest BCUT2D eigenvalue weighted by Crippen LogP contribution is -2.18. The molecule has 76 valence electrons. The molecular formula is C10H12BrNO2. The third kappa shape index (κ3) is 2.48. The molecule has 0 aromatic heterocycles. The van der Waals surface area contributed by atoms with Crippen LogP contribution in [-0.2, 0) is 0 Å². The highest BCUT2D eigenvalue weighted by molar-refractivity contribution is 9.10. The fourth-order valence-electron chi connectivity index (χ4n) is 1.09. The van der Waals surface area contributed by atoms with E-state index in [1.54, 1.807) is 19.2 Å². The maximum atomic E-state index is 11.4. The summed E-state index contributed by atoms with van der Waals surface area (Å²) in [7, 11) is 1.60. The number of nitrogens with one attached hydrogen (secondary N) is 1. The van der Waals surface area contributed by atoms with Gasteiger partial charge in [0.25, 0.3) is 5.91 Å². The van der Waals surface area contributed by atoms with Crippen molar-refractivity contribution in [2.24, 2.45) is 0 Å². The molecule has 0 bridgehead atoms. The molecule has 0 radical (unpaired) electrons. The normalized spacial score (nSPS) is 9.64. The second-order valence-corrected chi connectivity index (χ2v) is 3.57. The van der Waals surface area contributed by atoms with Crippen LogP contribution < -0.4 is 10.1 Å². The summed E-state index contributed by atoms with van der Waals surface area (Å²) in [6.07, 6.45) is 0. The molecule has 0 saturated heterocycles. The van der Waals surface area contributed by atoms with Crippen LogP contribution in [-0.4, -0.2) is 19.6 Å². The molecule has 0 fully saturated rings. The van der Waals surface area contributed by atoms with Crippen LogP contribution in [0.1, 0.15) is 17.3 Å². The van der Waals surface area contributed by atoms with Gasteiger partial charge in [0, 0.05) is 11.5 Å². The van der Waals surface area contributed by atoms with E-state index in [1.165, 1.54) is 0 Å². The Morgan fingerprint density at radius 3 is 2.86 bits per heavy atom. The van der Waals surface area contributed by atoms with Gasteiger partial charge >= 0.3 is 0 Å². The van der Waals surface area contributed by atoms with Crippen LogP contribution in [0.25, 0.3) is 0 Å². The van der Waals surface area contributed by atoms with Crippen molar-refractivity contribution in [3.8, 4) is 5.75 Å². The van der Waals surface area contributed by atoms with Gasteiger partial charge < -0.3 is 10.1 Å². The minimum Gasteiger partial charge on any atom is -0.493 e. The highest BCUT2D eigenvalue weighted by Crippen LogP contribution is 2.23. The molecule has 0 heterocycles. The minimum atomic E-state index is -0.138. The SMILES string of the molecule is CCOc1cc(Br)ccc1C(=O)NC. The number of benzene rings is 1. The fourth-order valence-corrected chi connectivity index (χ4v) is 1.43. The average Bonchev–Trinajstić information content (AvgIpc) is 2.17. The lowest BCUT2D eigenvalue weighted by molar-refractivity contribution is 0.0959. The Hall–Kier alpha value is -1.03. The predicted molar refractivity (Wildman–Crippen MR) is 58.7 cm³/mol. The van der Waals surface area contributed by atoms with Crippen molar-refractivity contribution >= 4 is 21.8 Å². The molecule has 0 aliphatic heterocycles. The second kappa shape index (κ2) is 5.00. The largest absolute Gasteiger partial charge is 0.493 e. The number of halogens is 1. The van der Waals surface area contributed by atoms with Crippen molar-refractivity contribution in [3.05, 3.63) is 28.2 Å². The third-order valence-electron chi connectivity index (χ3n) is 1.72. The quantitative estimate of drug-likeness (QED) is 0.902. The van der Waals surface area contributed by atoms with Crippen molar-refractivity contribution in [3.63, 3.8) is 0 Å². The van der Waals surface area contributed by atoms with Crippen molar-refractivity contribution in [2.75, 3.05) is 13.7 Å². The zero-order valence-electron chi connectivity index (χ0n) is 8.13. The molecule has 0 unspecified atom stereocenters. The molecule has 1 aromatic carbocycles. The number of carbonyl (C=O) groups is 1. The minimum absolute atomic E-state index is 0.138. The van der Waals surface area contributed by atoms with Crippen LogP contribution in [0.2, 0.25) is 0 Å². The van der Waals surface area contributed by atoms with Gasteiger partial charge in [-0.05, 0) is 25.1 Å². The number of hydrogen-bond donors (Lipinski definition) is 1. The standard InChI is InChI=1S/C10H12BrNO2/c1-3-14-9-6-7(11)4-5-8(9)10(13)12-2/h4-6H,3H2,1-2H3,(H,12,13). The first-order valence-corrected chi connectivity index (χ1v) is 5.12. The molecule has 0 saturated carbocycles. The van der Waals surface area contributed by atoms with Gasteiger partial charge in [0.15, 0.2) is 0 Å². The molecule has 4 heteroatoms. The van der Waals surface area contributed by atoms with Crippen LogP contribution in [0, 0.1) is 0 Å². The molecule has 3 nitrogen and oxygen atoms in total. The molecule has 1 amide bonds. The lowest BCUT2D eigenvalue weighted by Gasteiger charge is -2.09. The Bertz CT molecular complexity index is 339. The van der Waals surface area contributed by atoms with Crippen LogP contribution in [0.3, 0.4) is 0 Å². The van der Waals surface area contributed by atoms with E-state index in [0.717, 1.165) is 4.47 Å². The van der Waals surface area contributed by atoms with Crippen molar-refractivity contribution in [1.82, 2.24) is 5.32 Å². The van der Waals surface area contributed by atoms with E-state index in [-0.39, 0.29) is 5.91 Å². The van der Waals surface area contributed by atoms with Gasteiger partial charge in [-0.25, -0.2) is 0 Å². The summed E-state index contributed by atoms with van der Waals surface area (Å²) in [5.74, 6) is 0.460. The topological polar surface area (TPSA) is 38.3 Å². The molecule has 0 aliphatic rings. The summed E-state index contributed by atoms with van der Waals surface area (Å²) in [5.41, 5.74) is 0.553. The summed E-state index contributed by atoms with van der Waals surface area (Å²) >= 11 is 3.33. The molecule has 0 atom stereocenters. The Morgan fingerprint density at radius 1 is 1.57 bits per heavy atom. The van der Waals surface area contributed by atoms with Gasteiger partial charge in [-0.15, -0.1) is 0 Å². The van der Waals surface area contributed by atoms with E-state index < -0.39 is 0 Å². The van der Waals surface area contributed by atoms with Gasteiger partial charge in [-0.3, -0.25) is 4.79 Å². The Balaban J connectivity index is 3.07. The Kier molecular flexibility index (Phi) is 3.95. The van der Waals surface area contributed by atoms with E-state index >= 15 is 0 Å². The smallest absolute Gasteiger partial charge is 0.254 e. The van der Waals surface area contributed by atoms with E-state index in [1.807, 2.05) is 13.0 Å². The van der Waals surface area contributed by atoms with Crippen LogP contribution in [0.5, 0.6) is 5.75 Å². The number of rotatable bonds is 3. The van der Waals surface area contributed by atoms with Crippen molar-refractivity contribution < 1.29 is 9.53 Å². The molecule has 0 aliphatic carbocycles. The first kappa shape index (κ1) is 11.0. The van der Waals surface area contributed by atoms with E-state index in [9.17, 15) is 4.79 Å². The number of carbonyl (C=O) groups excluding carboxylic acids is 1. The summed E-state index contributed by atoms with van der Waals surface area (Å²) in [5, 5.41) is 2.57. The van der Waals surface area contributed by atoms with Gasteiger partial charge in [-0.2, -0.15) is 0 Å². The predicted octanol–water partition coefficient (Wildman–Crippen LogP) is 2.21. The van der Waals surface area contributed by atoms with Crippen LogP contribution in [0.4, 0.5) is 0 Å². The second-order valence-electron chi connectivity index (χ2n) is 2.65. The third-order valence-corrected chi connectivity index (χ3v) is 2.21. The monoisotopic (exact) mass is 257 g/mol. The summed E-state index contributed by atoms with van der Waals surface area (Å²) < 4.78 is 6.25. The Labute approximate surface area is 91.6 Å². The molecular weight excluding hydrogens is 246 g/mol. The first-order chi connectivity index (χ1) is 6.69. The number of hydrogen-bond acceptors (Lipinski definition) is 2. The summed E-state index contributed by atoms with van der Waals surface area (Å²) in [6.45, 7) is 2.43. The highest BCUT2D eigenvalue weighted by atomic mass is 79.9. The zero-order valence-corrected chi connectivity index (χ0v) is 9.72. The van der Waals surface area contributed by atoms with Gasteiger partial charge in [0.2, 0.25) is 0 Å². The summed E-state index contributed by atoms with van der Waals surface area (Å²) in [6, 6.07) is 5.33. The first-order valence-electron chi connectivity index (χ1n) is 4.33. The zero-order chi connectivity index (χ0) is 10.6. The van der Waals surface area contributed by atoms with E-state index in [2.05, 4.69) is 21.2 Å². The molecule has 1 N–H and O–H groups in total. The van der Waals surface area contributed by atoms with Gasteiger partial charge in [0.05, 0.1) is 12.2 Å². The number of ether oxygens (including phenoxy) is 1. The van der Waals surface area contributed by atoms with Crippen LogP contribution in [0.15, 0.2) is 22.7 Å². The number of amides is 1.